The quantitative estimate of drug-likeness (QED) is 0.611. The number of nitrogens with zero attached hydrogens (tertiary/aromatic N) is 2. The van der Waals surface area contributed by atoms with E-state index in [0.29, 0.717) is 11.8 Å². The SMILES string of the molecule is CCCC(C)n1c(-c2ccc3c(c2)NC(=O)CO3)csc1=Nc1cccc(C)c1. The Hall–Kier alpha value is -2.86. The number of nitrogens with one attached hydrogen (secondary N) is 1. The fourth-order valence-corrected chi connectivity index (χ4v) is 4.65. The van der Waals surface area contributed by atoms with Crippen molar-refractivity contribution in [3.05, 3.63) is 58.2 Å². The van der Waals surface area contributed by atoms with Gasteiger partial charge in [0, 0.05) is 17.0 Å². The van der Waals surface area contributed by atoms with Crippen LogP contribution < -0.4 is 14.9 Å². The number of rotatable bonds is 5. The number of benzene rings is 2. The number of aryl methyl sites for hydroxylation is 1. The Labute approximate surface area is 174 Å². The van der Waals surface area contributed by atoms with Gasteiger partial charge in [-0.25, -0.2) is 4.99 Å². The van der Waals surface area contributed by atoms with Crippen LogP contribution in [0.4, 0.5) is 11.4 Å². The second-order valence-corrected chi connectivity index (χ2v) is 8.25. The van der Waals surface area contributed by atoms with E-state index in [4.69, 9.17) is 9.73 Å². The van der Waals surface area contributed by atoms with Crippen LogP contribution in [0.25, 0.3) is 11.3 Å². The first-order valence-electron chi connectivity index (χ1n) is 9.93. The summed E-state index contributed by atoms with van der Waals surface area (Å²) in [6, 6.07) is 14.5. The van der Waals surface area contributed by atoms with E-state index < -0.39 is 0 Å². The molecule has 5 nitrogen and oxygen atoms in total. The van der Waals surface area contributed by atoms with Gasteiger partial charge in [0.25, 0.3) is 5.91 Å². The van der Waals surface area contributed by atoms with Gasteiger partial charge in [-0.3, -0.25) is 4.79 Å². The average Bonchev–Trinajstić information content (AvgIpc) is 3.11. The van der Waals surface area contributed by atoms with Crippen LogP contribution in [0.5, 0.6) is 5.75 Å². The highest BCUT2D eigenvalue weighted by Crippen LogP contribution is 2.34. The van der Waals surface area contributed by atoms with Gasteiger partial charge in [0.15, 0.2) is 11.4 Å². The number of amides is 1. The summed E-state index contributed by atoms with van der Waals surface area (Å²) in [5.41, 5.74) is 5.02. The van der Waals surface area contributed by atoms with Crippen LogP contribution in [-0.4, -0.2) is 17.1 Å². The van der Waals surface area contributed by atoms with E-state index in [1.807, 2.05) is 30.3 Å². The molecule has 1 unspecified atom stereocenters. The number of carbonyl (C=O) groups is 1. The van der Waals surface area contributed by atoms with Crippen molar-refractivity contribution in [3.8, 4) is 17.0 Å². The van der Waals surface area contributed by atoms with Crippen LogP contribution in [0.15, 0.2) is 52.8 Å². The fraction of sp³-hybridized carbons (Fsp3) is 0.304. The van der Waals surface area contributed by atoms with Crippen molar-refractivity contribution in [3.63, 3.8) is 0 Å². The normalized spacial score (nSPS) is 14.9. The molecule has 0 saturated carbocycles. The Balaban J connectivity index is 1.83. The molecule has 3 aromatic rings. The Morgan fingerprint density at radius 2 is 2.14 bits per heavy atom. The highest BCUT2D eigenvalue weighted by Gasteiger charge is 2.19. The van der Waals surface area contributed by atoms with Crippen molar-refractivity contribution in [2.24, 2.45) is 4.99 Å². The van der Waals surface area contributed by atoms with Crippen molar-refractivity contribution >= 4 is 28.6 Å². The van der Waals surface area contributed by atoms with Gasteiger partial charge >= 0.3 is 0 Å². The topological polar surface area (TPSA) is 55.6 Å². The number of hydrogen-bond acceptors (Lipinski definition) is 4. The molecule has 2 aromatic carbocycles. The molecule has 29 heavy (non-hydrogen) atoms. The van der Waals surface area contributed by atoms with E-state index >= 15 is 0 Å². The van der Waals surface area contributed by atoms with E-state index in [-0.39, 0.29) is 12.5 Å². The van der Waals surface area contributed by atoms with Gasteiger partial charge in [-0.1, -0.05) is 25.5 Å². The smallest absolute Gasteiger partial charge is 0.262 e. The van der Waals surface area contributed by atoms with Crippen LogP contribution in [0.3, 0.4) is 0 Å². The summed E-state index contributed by atoms with van der Waals surface area (Å²) in [4.78, 5) is 17.6. The first-order chi connectivity index (χ1) is 14.0. The number of anilines is 1. The van der Waals surface area contributed by atoms with E-state index in [1.165, 1.54) is 5.56 Å². The number of carbonyl (C=O) groups excluding carboxylic acids is 1. The maximum absolute atomic E-state index is 11.7. The van der Waals surface area contributed by atoms with Crippen LogP contribution in [0, 0.1) is 6.92 Å². The molecule has 1 amide bonds. The van der Waals surface area contributed by atoms with Gasteiger partial charge in [-0.05, 0) is 56.2 Å². The fourth-order valence-electron chi connectivity index (χ4n) is 3.64. The molecule has 1 aromatic heterocycles. The van der Waals surface area contributed by atoms with Crippen LogP contribution in [-0.2, 0) is 4.79 Å². The summed E-state index contributed by atoms with van der Waals surface area (Å²) in [5.74, 6) is 0.587. The molecule has 150 valence electrons. The monoisotopic (exact) mass is 407 g/mol. The number of aromatic nitrogens is 1. The highest BCUT2D eigenvalue weighted by molar-refractivity contribution is 7.07. The van der Waals surface area contributed by atoms with Crippen LogP contribution >= 0.6 is 11.3 Å². The predicted molar refractivity (Wildman–Crippen MR) is 118 cm³/mol. The van der Waals surface area contributed by atoms with Gasteiger partial charge in [0.2, 0.25) is 0 Å². The Kier molecular flexibility index (Phi) is 5.53. The molecule has 0 aliphatic carbocycles. The maximum atomic E-state index is 11.7. The third-order valence-corrected chi connectivity index (χ3v) is 5.86. The molecule has 1 aliphatic rings. The minimum Gasteiger partial charge on any atom is -0.482 e. The lowest BCUT2D eigenvalue weighted by atomic mass is 10.1. The molecule has 6 heteroatoms. The summed E-state index contributed by atoms with van der Waals surface area (Å²) in [5, 5.41) is 5.05. The summed E-state index contributed by atoms with van der Waals surface area (Å²) in [7, 11) is 0. The number of ether oxygens (including phenoxy) is 1. The zero-order chi connectivity index (χ0) is 20.4. The van der Waals surface area contributed by atoms with E-state index in [2.05, 4.69) is 48.2 Å². The Morgan fingerprint density at radius 3 is 2.93 bits per heavy atom. The molecular formula is C23H25N3O2S. The molecule has 0 bridgehead atoms. The van der Waals surface area contributed by atoms with Gasteiger partial charge in [0.05, 0.1) is 17.1 Å². The Morgan fingerprint density at radius 1 is 1.28 bits per heavy atom. The average molecular weight is 408 g/mol. The number of hydrogen-bond donors (Lipinski definition) is 1. The molecule has 0 saturated heterocycles. The number of thiazole rings is 1. The lowest BCUT2D eigenvalue weighted by Crippen LogP contribution is -2.25. The molecule has 1 N–H and O–H groups in total. The van der Waals surface area contributed by atoms with E-state index in [0.717, 1.165) is 40.3 Å². The molecule has 0 fully saturated rings. The van der Waals surface area contributed by atoms with Crippen molar-refractivity contribution in [2.75, 3.05) is 11.9 Å². The second kappa shape index (κ2) is 8.25. The van der Waals surface area contributed by atoms with E-state index in [1.54, 1.807) is 11.3 Å². The van der Waals surface area contributed by atoms with Gasteiger partial charge in [-0.2, -0.15) is 0 Å². The van der Waals surface area contributed by atoms with Crippen molar-refractivity contribution in [2.45, 2.75) is 39.7 Å². The third kappa shape index (κ3) is 4.12. The second-order valence-electron chi connectivity index (χ2n) is 7.41. The molecule has 0 spiro atoms. The zero-order valence-electron chi connectivity index (χ0n) is 16.9. The van der Waals surface area contributed by atoms with Crippen LogP contribution in [0.2, 0.25) is 0 Å². The Bertz CT molecular complexity index is 1110. The lowest BCUT2D eigenvalue weighted by molar-refractivity contribution is -0.118. The standard InChI is InChI=1S/C23H25N3O2S/c1-4-6-16(3)26-20(14-29-23(26)24-18-8-5-7-15(2)11-18)17-9-10-21-19(12-17)25-22(27)13-28-21/h5,7-12,14,16H,4,6,13H2,1-3H3,(H,25,27). The first-order valence-corrected chi connectivity index (χ1v) is 10.8. The summed E-state index contributed by atoms with van der Waals surface area (Å²) < 4.78 is 7.81. The molecule has 4 rings (SSSR count). The first kappa shape index (κ1) is 19.5. The highest BCUT2D eigenvalue weighted by atomic mass is 32.1. The van der Waals surface area contributed by atoms with E-state index in [9.17, 15) is 4.79 Å². The van der Waals surface area contributed by atoms with Gasteiger partial charge in [-0.15, -0.1) is 11.3 Å². The maximum Gasteiger partial charge on any atom is 0.262 e. The van der Waals surface area contributed by atoms with Crippen LogP contribution in [0.1, 0.15) is 38.3 Å². The minimum absolute atomic E-state index is 0.0673. The lowest BCUT2D eigenvalue weighted by Gasteiger charge is -2.20. The number of fused-ring (bicyclic) bond motifs is 1. The molecule has 0 radical (unpaired) electrons. The molecule has 1 atom stereocenters. The minimum atomic E-state index is -0.123. The molecule has 1 aliphatic heterocycles. The van der Waals surface area contributed by atoms with Crippen molar-refractivity contribution < 1.29 is 9.53 Å². The predicted octanol–water partition coefficient (Wildman–Crippen LogP) is 5.45. The summed E-state index contributed by atoms with van der Waals surface area (Å²) >= 11 is 1.64. The third-order valence-electron chi connectivity index (χ3n) is 5.02. The molecular weight excluding hydrogens is 382 g/mol. The summed E-state index contributed by atoms with van der Waals surface area (Å²) in [6.45, 7) is 6.58. The van der Waals surface area contributed by atoms with Gasteiger partial charge in [0.1, 0.15) is 5.75 Å². The zero-order valence-corrected chi connectivity index (χ0v) is 17.8. The van der Waals surface area contributed by atoms with Crippen molar-refractivity contribution in [1.82, 2.24) is 4.57 Å². The molecule has 2 heterocycles. The summed E-state index contributed by atoms with van der Waals surface area (Å²) in [6.07, 6.45) is 2.16. The van der Waals surface area contributed by atoms with Gasteiger partial charge < -0.3 is 14.6 Å². The van der Waals surface area contributed by atoms with Crippen molar-refractivity contribution in [1.29, 1.82) is 0 Å². The largest absolute Gasteiger partial charge is 0.482 e.